The van der Waals surface area contributed by atoms with Crippen molar-refractivity contribution >= 4 is 95.0 Å². The summed E-state index contributed by atoms with van der Waals surface area (Å²) in [5.74, 6) is 1.28. The molecule has 0 aliphatic carbocycles. The fourth-order valence-electron chi connectivity index (χ4n) is 6.07. The number of benzene rings is 2. The summed E-state index contributed by atoms with van der Waals surface area (Å²) in [5.41, 5.74) is 3.88. The molecule has 0 amide bonds. The molecule has 24 heteroatoms. The third kappa shape index (κ3) is 11.6. The third-order valence-electron chi connectivity index (χ3n) is 9.01. The molecule has 5 aromatic rings. The molecule has 21 nitrogen and oxygen atoms in total. The van der Waals surface area contributed by atoms with Crippen LogP contribution < -0.4 is 34.8 Å². The van der Waals surface area contributed by atoms with Gasteiger partial charge in [0, 0.05) is 56.8 Å². The average molecular weight is 899 g/mol. The number of azo groups is 2. The number of hydrogen-bond donors (Lipinski definition) is 5. The van der Waals surface area contributed by atoms with Crippen molar-refractivity contribution < 1.29 is 32.7 Å². The lowest BCUT2D eigenvalue weighted by Crippen LogP contribution is -2.31. The molecule has 5 N–H and O–H groups in total. The summed E-state index contributed by atoms with van der Waals surface area (Å²) in [6, 6.07) is 7.08. The summed E-state index contributed by atoms with van der Waals surface area (Å²) in [4.78, 5) is 28.5. The van der Waals surface area contributed by atoms with Crippen molar-refractivity contribution in [2.75, 3.05) is 92.0 Å². The number of methoxy groups -OCH3 is 2. The molecule has 3 aromatic heterocycles. The van der Waals surface area contributed by atoms with E-state index < -0.39 is 10.1 Å². The SMILES string of the molecule is CCN(CC)c1cc(Nc2nc(Nc3cc(N(CC)CC)c(OC)cc3/N=N/c3nc(C)c(S(=O)(=O)O)s3)nc(N(CCO)CCO)n2)c(/N=N/c2nc(C)cs2)cc1OC. The maximum atomic E-state index is 11.9. The van der Waals surface area contributed by atoms with E-state index in [9.17, 15) is 23.2 Å². The zero-order chi connectivity index (χ0) is 44.3. The molecular weight excluding hydrogens is 849 g/mol. The Morgan fingerprint density at radius 2 is 1.18 bits per heavy atom. The zero-order valence-corrected chi connectivity index (χ0v) is 37.6. The van der Waals surface area contributed by atoms with Gasteiger partial charge in [0.2, 0.25) is 28.1 Å². The Balaban J connectivity index is 1.69. The molecular formula is C37H50N14O7S3. The van der Waals surface area contributed by atoms with Crippen molar-refractivity contribution in [2.24, 2.45) is 20.5 Å². The fraction of sp³-hybridized carbons (Fsp3) is 0.432. The number of nitrogens with one attached hydrogen (secondary N) is 2. The number of aliphatic hydroxyl groups excluding tert-OH is 2. The lowest BCUT2D eigenvalue weighted by Gasteiger charge is -2.25. The molecule has 0 saturated heterocycles. The van der Waals surface area contributed by atoms with E-state index in [1.54, 1.807) is 30.2 Å². The minimum atomic E-state index is -4.52. The van der Waals surface area contributed by atoms with Gasteiger partial charge in [-0.25, -0.2) is 9.97 Å². The van der Waals surface area contributed by atoms with Gasteiger partial charge >= 0.3 is 10.1 Å². The Morgan fingerprint density at radius 3 is 1.57 bits per heavy atom. The van der Waals surface area contributed by atoms with Crippen LogP contribution in [0.1, 0.15) is 39.1 Å². The first-order valence-electron chi connectivity index (χ1n) is 19.2. The largest absolute Gasteiger partial charge is 0.494 e. The molecule has 2 aromatic carbocycles. The van der Waals surface area contributed by atoms with E-state index in [0.29, 0.717) is 71.2 Å². The summed E-state index contributed by atoms with van der Waals surface area (Å²) >= 11 is 2.02. The highest BCUT2D eigenvalue weighted by Gasteiger charge is 2.22. The van der Waals surface area contributed by atoms with Crippen molar-refractivity contribution in [3.05, 3.63) is 41.0 Å². The predicted octanol–water partition coefficient (Wildman–Crippen LogP) is 7.47. The maximum Gasteiger partial charge on any atom is 0.306 e. The number of rotatable bonds is 22. The topological polar surface area (TPSA) is 261 Å². The van der Waals surface area contributed by atoms with Gasteiger partial charge in [0.05, 0.1) is 61.6 Å². The van der Waals surface area contributed by atoms with Crippen LogP contribution in [0, 0.1) is 13.8 Å². The zero-order valence-electron chi connectivity index (χ0n) is 35.1. The molecule has 0 spiro atoms. The van der Waals surface area contributed by atoms with Crippen LogP contribution in [0.5, 0.6) is 11.5 Å². The molecule has 61 heavy (non-hydrogen) atoms. The van der Waals surface area contributed by atoms with Crippen molar-refractivity contribution in [3.8, 4) is 11.5 Å². The summed E-state index contributed by atoms with van der Waals surface area (Å²) in [6.07, 6.45) is 0. The highest BCUT2D eigenvalue weighted by Crippen LogP contribution is 2.43. The molecule has 0 saturated carbocycles. The van der Waals surface area contributed by atoms with Gasteiger partial charge in [0.25, 0.3) is 0 Å². The molecule has 5 rings (SSSR count). The first-order chi connectivity index (χ1) is 29.3. The van der Waals surface area contributed by atoms with Gasteiger partial charge in [-0.2, -0.15) is 23.4 Å². The first-order valence-corrected chi connectivity index (χ1v) is 22.3. The number of thiazole rings is 2. The number of aryl methyl sites for hydroxylation is 2. The van der Waals surface area contributed by atoms with Gasteiger partial charge in [-0.1, -0.05) is 11.3 Å². The highest BCUT2D eigenvalue weighted by molar-refractivity contribution is 7.88. The van der Waals surface area contributed by atoms with Gasteiger partial charge < -0.3 is 45.0 Å². The molecule has 0 aliphatic rings. The summed E-state index contributed by atoms with van der Waals surface area (Å²) < 4.78 is 44.7. The quantitative estimate of drug-likeness (QED) is 0.0333. The molecule has 0 fully saturated rings. The lowest BCUT2D eigenvalue weighted by atomic mass is 10.2. The third-order valence-corrected chi connectivity index (χ3v) is 12.3. The van der Waals surface area contributed by atoms with Crippen molar-refractivity contribution in [3.63, 3.8) is 0 Å². The molecule has 3 heterocycles. The number of aliphatic hydroxyl groups is 2. The highest BCUT2D eigenvalue weighted by atomic mass is 32.3. The van der Waals surface area contributed by atoms with Crippen LogP contribution in [-0.4, -0.2) is 115 Å². The second kappa shape index (κ2) is 21.2. The average Bonchev–Trinajstić information content (AvgIpc) is 3.85. The molecule has 328 valence electrons. The van der Waals surface area contributed by atoms with Crippen LogP contribution in [0.15, 0.2) is 54.3 Å². The van der Waals surface area contributed by atoms with Crippen LogP contribution in [-0.2, 0) is 10.1 Å². The number of nitrogens with zero attached hydrogens (tertiary/aromatic N) is 12. The van der Waals surface area contributed by atoms with Crippen LogP contribution in [0.2, 0.25) is 0 Å². The number of ether oxygens (including phenoxy) is 2. The van der Waals surface area contributed by atoms with Crippen molar-refractivity contribution in [1.29, 1.82) is 0 Å². The second-order valence-electron chi connectivity index (χ2n) is 12.9. The van der Waals surface area contributed by atoms with E-state index in [1.165, 1.54) is 25.4 Å². The van der Waals surface area contributed by atoms with Crippen LogP contribution in [0.25, 0.3) is 0 Å². The van der Waals surface area contributed by atoms with E-state index in [1.807, 2.05) is 46.1 Å². The van der Waals surface area contributed by atoms with Gasteiger partial charge in [0.15, 0.2) is 4.21 Å². The Morgan fingerprint density at radius 1 is 0.689 bits per heavy atom. The lowest BCUT2D eigenvalue weighted by molar-refractivity contribution is 0.280. The molecule has 0 aliphatic heterocycles. The van der Waals surface area contributed by atoms with E-state index in [4.69, 9.17) is 24.4 Å². The number of anilines is 7. The maximum absolute atomic E-state index is 11.9. The molecule has 0 bridgehead atoms. The second-order valence-corrected chi connectivity index (χ2v) is 16.3. The van der Waals surface area contributed by atoms with Crippen LogP contribution in [0.4, 0.5) is 62.2 Å². The molecule has 0 radical (unpaired) electrons. The van der Waals surface area contributed by atoms with E-state index in [0.717, 1.165) is 17.1 Å². The normalized spacial score (nSPS) is 11.7. The molecule has 0 unspecified atom stereocenters. The van der Waals surface area contributed by atoms with Crippen molar-refractivity contribution in [2.45, 2.75) is 45.8 Å². The Hall–Kier alpha value is -5.66. The van der Waals surface area contributed by atoms with E-state index in [-0.39, 0.29) is 64.9 Å². The minimum Gasteiger partial charge on any atom is -0.494 e. The monoisotopic (exact) mass is 898 g/mol. The summed E-state index contributed by atoms with van der Waals surface area (Å²) in [6.45, 7) is 13.7. The van der Waals surface area contributed by atoms with E-state index in [2.05, 4.69) is 50.9 Å². The van der Waals surface area contributed by atoms with Crippen LogP contribution in [0.3, 0.4) is 0 Å². The summed E-state index contributed by atoms with van der Waals surface area (Å²) in [5, 5.41) is 46.4. The van der Waals surface area contributed by atoms with E-state index >= 15 is 0 Å². The van der Waals surface area contributed by atoms with Gasteiger partial charge in [-0.3, -0.25) is 4.55 Å². The summed E-state index contributed by atoms with van der Waals surface area (Å²) in [7, 11) is -1.41. The predicted molar refractivity (Wildman–Crippen MR) is 238 cm³/mol. The molecule has 0 atom stereocenters. The first kappa shape index (κ1) is 46.4. The Kier molecular flexibility index (Phi) is 16.2. The Bertz CT molecular complexity index is 2430. The van der Waals surface area contributed by atoms with Crippen molar-refractivity contribution in [1.82, 2.24) is 24.9 Å². The van der Waals surface area contributed by atoms with Crippen LogP contribution >= 0.6 is 22.7 Å². The van der Waals surface area contributed by atoms with Gasteiger partial charge in [0.1, 0.15) is 22.9 Å². The number of hydrogen-bond acceptors (Lipinski definition) is 22. The van der Waals surface area contributed by atoms with Gasteiger partial charge in [-0.05, 0) is 53.7 Å². The standard InChI is InChI=1S/C37H50N14O7S3/c1-9-49(10-2)28-17-24(26(19-30(28)57-7)45-47-36-38-22(5)21-59-36)40-33-42-34(44-35(43-33)51(13-15-52)14-16-53)41-25-18-29(50(11-3)12-4)31(58-8)20-27(25)46-48-37-39-23(6)32(60-37)61(54,55)56/h17-21,52-53H,9-16H2,1-8H3,(H,54,55,56)(H2,40,41,42,43,44)/b47-45+,48-46+. The number of aromatic nitrogens is 5. The minimum absolute atomic E-state index is 0.0121. The van der Waals surface area contributed by atoms with Gasteiger partial charge in [-0.15, -0.1) is 31.8 Å². The smallest absolute Gasteiger partial charge is 0.306 e. The Labute approximate surface area is 362 Å². The fourth-order valence-corrected chi connectivity index (χ4v) is 8.38.